The molecule has 1 aromatic heterocycles. The van der Waals surface area contributed by atoms with Gasteiger partial charge in [-0.3, -0.25) is 4.79 Å². The van der Waals surface area contributed by atoms with E-state index in [1.165, 1.54) is 4.88 Å². The molecule has 1 amide bonds. The Kier molecular flexibility index (Phi) is 4.12. The van der Waals surface area contributed by atoms with E-state index in [-0.39, 0.29) is 5.91 Å². The highest BCUT2D eigenvalue weighted by molar-refractivity contribution is 7.09. The average Bonchev–Trinajstić information content (AvgIpc) is 2.90. The SMILES string of the molecule is CN(Cc1cccs1)C(=O)c1cccc(CN)c1. The van der Waals surface area contributed by atoms with Crippen molar-refractivity contribution in [3.8, 4) is 0 Å². The molecule has 4 heteroatoms. The van der Waals surface area contributed by atoms with Gasteiger partial charge in [0.05, 0.1) is 6.54 Å². The molecule has 0 aliphatic rings. The predicted octanol–water partition coefficient (Wildman–Crippen LogP) is 2.48. The molecule has 0 fully saturated rings. The standard InChI is InChI=1S/C14H16N2OS/c1-16(10-13-6-3-7-18-13)14(17)12-5-2-4-11(8-12)9-15/h2-8H,9-10,15H2,1H3. The lowest BCUT2D eigenvalue weighted by molar-refractivity contribution is 0.0786. The lowest BCUT2D eigenvalue weighted by Gasteiger charge is -2.16. The number of benzene rings is 1. The normalized spacial score (nSPS) is 10.3. The predicted molar refractivity (Wildman–Crippen MR) is 74.4 cm³/mol. The van der Waals surface area contributed by atoms with E-state index in [2.05, 4.69) is 0 Å². The molecule has 0 atom stereocenters. The van der Waals surface area contributed by atoms with Crippen LogP contribution in [0.3, 0.4) is 0 Å². The van der Waals surface area contributed by atoms with E-state index in [1.54, 1.807) is 16.2 Å². The molecule has 0 bridgehead atoms. The maximum Gasteiger partial charge on any atom is 0.253 e. The summed E-state index contributed by atoms with van der Waals surface area (Å²) in [6, 6.07) is 11.5. The number of amides is 1. The molecule has 0 saturated carbocycles. The Labute approximate surface area is 111 Å². The van der Waals surface area contributed by atoms with Crippen LogP contribution in [0.4, 0.5) is 0 Å². The Balaban J connectivity index is 2.10. The second kappa shape index (κ2) is 5.80. The van der Waals surface area contributed by atoms with E-state index >= 15 is 0 Å². The lowest BCUT2D eigenvalue weighted by Crippen LogP contribution is -2.25. The number of carbonyl (C=O) groups is 1. The maximum absolute atomic E-state index is 12.2. The molecule has 1 aromatic carbocycles. The molecule has 0 unspecified atom stereocenters. The molecule has 2 N–H and O–H groups in total. The minimum Gasteiger partial charge on any atom is -0.337 e. The summed E-state index contributed by atoms with van der Waals surface area (Å²) in [6.07, 6.45) is 0. The summed E-state index contributed by atoms with van der Waals surface area (Å²) in [7, 11) is 1.82. The summed E-state index contributed by atoms with van der Waals surface area (Å²) < 4.78 is 0. The van der Waals surface area contributed by atoms with Crippen molar-refractivity contribution in [2.24, 2.45) is 5.73 Å². The third-order valence-electron chi connectivity index (χ3n) is 2.73. The molecule has 0 spiro atoms. The van der Waals surface area contributed by atoms with Crippen molar-refractivity contribution < 1.29 is 4.79 Å². The summed E-state index contributed by atoms with van der Waals surface area (Å²) in [5.74, 6) is 0.0266. The topological polar surface area (TPSA) is 46.3 Å². The summed E-state index contributed by atoms with van der Waals surface area (Å²) in [4.78, 5) is 15.1. The van der Waals surface area contributed by atoms with Crippen molar-refractivity contribution in [3.63, 3.8) is 0 Å². The van der Waals surface area contributed by atoms with E-state index in [0.717, 1.165) is 5.56 Å². The van der Waals surface area contributed by atoms with Gasteiger partial charge >= 0.3 is 0 Å². The molecule has 18 heavy (non-hydrogen) atoms. The molecule has 1 heterocycles. The van der Waals surface area contributed by atoms with Gasteiger partial charge in [0.25, 0.3) is 5.91 Å². The third kappa shape index (κ3) is 2.97. The fourth-order valence-corrected chi connectivity index (χ4v) is 2.52. The van der Waals surface area contributed by atoms with Crippen LogP contribution >= 0.6 is 11.3 Å². The van der Waals surface area contributed by atoms with Crippen molar-refractivity contribution in [2.75, 3.05) is 7.05 Å². The minimum absolute atomic E-state index is 0.0266. The average molecular weight is 260 g/mol. The third-order valence-corrected chi connectivity index (χ3v) is 3.59. The number of hydrogen-bond acceptors (Lipinski definition) is 3. The largest absolute Gasteiger partial charge is 0.337 e. The van der Waals surface area contributed by atoms with E-state index in [0.29, 0.717) is 18.7 Å². The first kappa shape index (κ1) is 12.8. The Hall–Kier alpha value is -1.65. The van der Waals surface area contributed by atoms with Crippen LogP contribution in [0.15, 0.2) is 41.8 Å². The Morgan fingerprint density at radius 1 is 1.33 bits per heavy atom. The van der Waals surface area contributed by atoms with E-state index in [4.69, 9.17) is 5.73 Å². The zero-order valence-corrected chi connectivity index (χ0v) is 11.1. The van der Waals surface area contributed by atoms with Crippen molar-refractivity contribution >= 4 is 17.2 Å². The molecule has 2 aromatic rings. The van der Waals surface area contributed by atoms with Crippen LogP contribution in [-0.4, -0.2) is 17.9 Å². The number of nitrogens with zero attached hydrogens (tertiary/aromatic N) is 1. The van der Waals surface area contributed by atoms with E-state index < -0.39 is 0 Å². The first-order chi connectivity index (χ1) is 8.70. The number of hydrogen-bond donors (Lipinski definition) is 1. The summed E-state index contributed by atoms with van der Waals surface area (Å²) >= 11 is 1.66. The second-order valence-corrected chi connectivity index (χ2v) is 5.18. The van der Waals surface area contributed by atoms with Gasteiger partial charge in [-0.25, -0.2) is 0 Å². The molecular formula is C14H16N2OS. The van der Waals surface area contributed by atoms with Gasteiger partial charge in [0.2, 0.25) is 0 Å². The van der Waals surface area contributed by atoms with Crippen LogP contribution in [-0.2, 0) is 13.1 Å². The highest BCUT2D eigenvalue weighted by Crippen LogP contribution is 2.13. The number of carbonyl (C=O) groups excluding carboxylic acids is 1. The molecule has 0 radical (unpaired) electrons. The second-order valence-electron chi connectivity index (χ2n) is 4.15. The van der Waals surface area contributed by atoms with Gasteiger partial charge in [-0.1, -0.05) is 18.2 Å². The first-order valence-electron chi connectivity index (χ1n) is 5.77. The minimum atomic E-state index is 0.0266. The first-order valence-corrected chi connectivity index (χ1v) is 6.65. The van der Waals surface area contributed by atoms with Crippen LogP contribution in [0, 0.1) is 0 Å². The van der Waals surface area contributed by atoms with Crippen LogP contribution in [0.2, 0.25) is 0 Å². The molecule has 3 nitrogen and oxygen atoms in total. The molecule has 0 aliphatic heterocycles. The Bertz CT molecular complexity index is 522. The van der Waals surface area contributed by atoms with Gasteiger partial charge in [-0.15, -0.1) is 11.3 Å². The fourth-order valence-electron chi connectivity index (χ4n) is 1.76. The molecule has 2 rings (SSSR count). The maximum atomic E-state index is 12.2. The summed E-state index contributed by atoms with van der Waals surface area (Å²) in [5, 5.41) is 2.02. The van der Waals surface area contributed by atoms with Gasteiger partial charge in [0.1, 0.15) is 0 Å². The highest BCUT2D eigenvalue weighted by atomic mass is 32.1. The van der Waals surface area contributed by atoms with Crippen molar-refractivity contribution in [1.29, 1.82) is 0 Å². The van der Waals surface area contributed by atoms with Crippen molar-refractivity contribution in [1.82, 2.24) is 4.90 Å². The van der Waals surface area contributed by atoms with Gasteiger partial charge in [-0.05, 0) is 29.1 Å². The number of rotatable bonds is 4. The zero-order chi connectivity index (χ0) is 13.0. The quantitative estimate of drug-likeness (QED) is 0.918. The molecule has 94 valence electrons. The molecular weight excluding hydrogens is 244 g/mol. The number of nitrogens with two attached hydrogens (primary N) is 1. The molecule has 0 aliphatic carbocycles. The van der Waals surface area contributed by atoms with Gasteiger partial charge in [0, 0.05) is 24.0 Å². The van der Waals surface area contributed by atoms with Crippen LogP contribution in [0.1, 0.15) is 20.8 Å². The summed E-state index contributed by atoms with van der Waals surface area (Å²) in [5.41, 5.74) is 7.25. The van der Waals surface area contributed by atoms with Gasteiger partial charge in [0.15, 0.2) is 0 Å². The number of thiophene rings is 1. The Morgan fingerprint density at radius 3 is 2.83 bits per heavy atom. The van der Waals surface area contributed by atoms with Crippen LogP contribution in [0.5, 0.6) is 0 Å². The Morgan fingerprint density at radius 2 is 2.17 bits per heavy atom. The van der Waals surface area contributed by atoms with Gasteiger partial charge < -0.3 is 10.6 Å². The van der Waals surface area contributed by atoms with Crippen LogP contribution < -0.4 is 5.73 Å². The fraction of sp³-hybridized carbons (Fsp3) is 0.214. The van der Waals surface area contributed by atoms with Gasteiger partial charge in [-0.2, -0.15) is 0 Å². The monoisotopic (exact) mass is 260 g/mol. The van der Waals surface area contributed by atoms with E-state index in [1.807, 2.05) is 48.8 Å². The van der Waals surface area contributed by atoms with E-state index in [9.17, 15) is 4.79 Å². The summed E-state index contributed by atoms with van der Waals surface area (Å²) in [6.45, 7) is 1.10. The smallest absolute Gasteiger partial charge is 0.253 e. The zero-order valence-electron chi connectivity index (χ0n) is 10.3. The lowest BCUT2D eigenvalue weighted by atomic mass is 10.1. The highest BCUT2D eigenvalue weighted by Gasteiger charge is 2.12. The van der Waals surface area contributed by atoms with Crippen molar-refractivity contribution in [2.45, 2.75) is 13.1 Å². The van der Waals surface area contributed by atoms with Crippen LogP contribution in [0.25, 0.3) is 0 Å². The molecule has 0 saturated heterocycles. The van der Waals surface area contributed by atoms with Crippen molar-refractivity contribution in [3.05, 3.63) is 57.8 Å².